The number of anilines is 1. The smallest absolute Gasteiger partial charge is 0.337 e. The zero-order valence-electron chi connectivity index (χ0n) is 23.8. The number of ether oxygens (including phenoxy) is 2. The highest BCUT2D eigenvalue weighted by atomic mass is 16.5. The van der Waals surface area contributed by atoms with E-state index in [-0.39, 0.29) is 17.2 Å². The molecule has 0 bridgehead atoms. The molecule has 1 amide bonds. The molecule has 1 atom stereocenters. The third-order valence-electron chi connectivity index (χ3n) is 7.28. The molecule has 0 aliphatic carbocycles. The molecule has 1 aliphatic heterocycles. The molecule has 4 rings (SSSR count). The topological polar surface area (TPSA) is 64.6 Å². The largest absolute Gasteiger partial charge is 0.492 e. The van der Waals surface area contributed by atoms with Crippen LogP contribution < -0.4 is 10.1 Å². The van der Waals surface area contributed by atoms with Gasteiger partial charge in [0, 0.05) is 29.2 Å². The Morgan fingerprint density at radius 3 is 2.34 bits per heavy atom. The second kappa shape index (κ2) is 10.6. The van der Waals surface area contributed by atoms with Crippen LogP contribution in [0.5, 0.6) is 5.75 Å². The van der Waals surface area contributed by atoms with Crippen LogP contribution in [-0.2, 0) is 9.53 Å². The molecule has 3 aromatic rings. The summed E-state index contributed by atoms with van der Waals surface area (Å²) >= 11 is 0. The average molecular weight is 514 g/mol. The number of rotatable bonds is 6. The van der Waals surface area contributed by atoms with Crippen molar-refractivity contribution in [2.24, 2.45) is 5.41 Å². The fourth-order valence-corrected chi connectivity index (χ4v) is 5.33. The van der Waals surface area contributed by atoms with Gasteiger partial charge in [0.2, 0.25) is 5.91 Å². The molecule has 1 N–H and O–H groups in total. The maximum atomic E-state index is 13.1. The standard InChI is InChI=1S/C33H39NO4/c1-19(2)22-12-14-23(15-13-22)26-18-38-31-28(24-10-9-11-25(16-24)32(36)37-8)20(3)30(21(4)29(26)31)34-27(35)17-33(5,6)7/h9-16,19,26H,17-18H2,1-8H3,(H,34,35). The van der Waals surface area contributed by atoms with Crippen molar-refractivity contribution in [2.45, 2.75) is 66.7 Å². The summed E-state index contributed by atoms with van der Waals surface area (Å²) in [5.41, 5.74) is 8.38. The van der Waals surface area contributed by atoms with Crippen LogP contribution in [0.3, 0.4) is 0 Å². The van der Waals surface area contributed by atoms with E-state index >= 15 is 0 Å². The van der Waals surface area contributed by atoms with Crippen molar-refractivity contribution in [3.8, 4) is 16.9 Å². The SMILES string of the molecule is COC(=O)c1cccc(-c2c(C)c(NC(=O)CC(C)(C)C)c(C)c3c2OCC3c2ccc(C(C)C)cc2)c1. The summed E-state index contributed by atoms with van der Waals surface area (Å²) in [6, 6.07) is 16.1. The summed E-state index contributed by atoms with van der Waals surface area (Å²) in [5.74, 6) is 0.894. The van der Waals surface area contributed by atoms with Crippen molar-refractivity contribution in [2.75, 3.05) is 19.0 Å². The van der Waals surface area contributed by atoms with Gasteiger partial charge in [0.05, 0.1) is 19.3 Å². The number of amides is 1. The van der Waals surface area contributed by atoms with Crippen LogP contribution >= 0.6 is 0 Å². The van der Waals surface area contributed by atoms with Crippen molar-refractivity contribution < 1.29 is 19.1 Å². The summed E-state index contributed by atoms with van der Waals surface area (Å²) in [7, 11) is 1.38. The van der Waals surface area contributed by atoms with Crippen LogP contribution in [0.1, 0.15) is 91.1 Å². The molecule has 0 radical (unpaired) electrons. The molecule has 1 unspecified atom stereocenters. The first-order valence-electron chi connectivity index (χ1n) is 13.3. The van der Waals surface area contributed by atoms with Crippen LogP contribution in [0.15, 0.2) is 48.5 Å². The normalized spacial score (nSPS) is 14.7. The zero-order valence-corrected chi connectivity index (χ0v) is 23.8. The fourth-order valence-electron chi connectivity index (χ4n) is 5.33. The van der Waals surface area contributed by atoms with Gasteiger partial charge in [-0.15, -0.1) is 0 Å². The molecule has 0 saturated carbocycles. The minimum absolute atomic E-state index is 0.0188. The number of carbonyl (C=O) groups excluding carboxylic acids is 2. The molecular formula is C33H39NO4. The number of esters is 1. The fraction of sp³-hybridized carbons (Fsp3) is 0.394. The van der Waals surface area contributed by atoms with Crippen molar-refractivity contribution in [3.05, 3.63) is 81.9 Å². The highest BCUT2D eigenvalue weighted by Gasteiger charge is 2.34. The van der Waals surface area contributed by atoms with Gasteiger partial charge in [0.15, 0.2) is 0 Å². The molecule has 3 aromatic carbocycles. The van der Waals surface area contributed by atoms with Gasteiger partial charge in [-0.1, -0.05) is 71.0 Å². The Labute approximate surface area is 226 Å². The van der Waals surface area contributed by atoms with Gasteiger partial charge < -0.3 is 14.8 Å². The highest BCUT2D eigenvalue weighted by Crippen LogP contribution is 2.51. The predicted molar refractivity (Wildman–Crippen MR) is 153 cm³/mol. The molecule has 0 aromatic heterocycles. The van der Waals surface area contributed by atoms with Crippen LogP contribution in [-0.4, -0.2) is 25.6 Å². The molecule has 0 saturated heterocycles. The van der Waals surface area contributed by atoms with Gasteiger partial charge in [-0.25, -0.2) is 4.79 Å². The molecule has 1 aliphatic rings. The molecule has 0 fully saturated rings. The van der Waals surface area contributed by atoms with Crippen molar-refractivity contribution in [3.63, 3.8) is 0 Å². The van der Waals surface area contributed by atoms with E-state index in [9.17, 15) is 9.59 Å². The maximum Gasteiger partial charge on any atom is 0.337 e. The molecule has 5 nitrogen and oxygen atoms in total. The Morgan fingerprint density at radius 2 is 1.74 bits per heavy atom. The van der Waals surface area contributed by atoms with Gasteiger partial charge in [-0.2, -0.15) is 0 Å². The number of hydrogen-bond donors (Lipinski definition) is 1. The van der Waals surface area contributed by atoms with Crippen LogP contribution in [0.4, 0.5) is 5.69 Å². The summed E-state index contributed by atoms with van der Waals surface area (Å²) < 4.78 is 11.4. The minimum atomic E-state index is -0.393. The van der Waals surface area contributed by atoms with E-state index in [1.54, 1.807) is 6.07 Å². The zero-order chi connectivity index (χ0) is 27.8. The Morgan fingerprint density at radius 1 is 1.05 bits per heavy atom. The van der Waals surface area contributed by atoms with Crippen LogP contribution in [0.2, 0.25) is 0 Å². The predicted octanol–water partition coefficient (Wildman–Crippen LogP) is 7.78. The van der Waals surface area contributed by atoms with Gasteiger partial charge in [0.1, 0.15) is 5.75 Å². The summed E-state index contributed by atoms with van der Waals surface area (Å²) in [4.78, 5) is 25.4. The second-order valence-electron chi connectivity index (χ2n) is 11.8. The monoisotopic (exact) mass is 513 g/mol. The summed E-state index contributed by atoms with van der Waals surface area (Å²) in [6.45, 7) is 15.1. The van der Waals surface area contributed by atoms with E-state index in [4.69, 9.17) is 9.47 Å². The first-order chi connectivity index (χ1) is 17.9. The first kappa shape index (κ1) is 27.4. The number of carbonyl (C=O) groups is 2. The highest BCUT2D eigenvalue weighted by molar-refractivity contribution is 5.97. The number of hydrogen-bond acceptors (Lipinski definition) is 4. The lowest BCUT2D eigenvalue weighted by molar-refractivity contribution is -0.117. The lowest BCUT2D eigenvalue weighted by Crippen LogP contribution is -2.21. The number of nitrogens with one attached hydrogen (secondary N) is 1. The summed E-state index contributed by atoms with van der Waals surface area (Å²) in [5, 5.41) is 3.23. The molecule has 0 spiro atoms. The van der Waals surface area contributed by atoms with Gasteiger partial charge in [-0.05, 0) is 65.1 Å². The average Bonchev–Trinajstić information content (AvgIpc) is 3.30. The van der Waals surface area contributed by atoms with Gasteiger partial charge >= 0.3 is 5.97 Å². The molecule has 5 heteroatoms. The molecule has 1 heterocycles. The van der Waals surface area contributed by atoms with Crippen LogP contribution in [0, 0.1) is 19.3 Å². The molecule has 38 heavy (non-hydrogen) atoms. The number of fused-ring (bicyclic) bond motifs is 1. The van der Waals surface area contributed by atoms with Crippen molar-refractivity contribution >= 4 is 17.6 Å². The quantitative estimate of drug-likeness (QED) is 0.342. The van der Waals surface area contributed by atoms with Gasteiger partial charge in [-0.3, -0.25) is 4.79 Å². The summed E-state index contributed by atoms with van der Waals surface area (Å²) in [6.07, 6.45) is 0.409. The second-order valence-corrected chi connectivity index (χ2v) is 11.8. The van der Waals surface area contributed by atoms with E-state index in [0.29, 0.717) is 24.5 Å². The van der Waals surface area contributed by atoms with Crippen molar-refractivity contribution in [1.82, 2.24) is 0 Å². The Bertz CT molecular complexity index is 1360. The molecular weight excluding hydrogens is 474 g/mol. The Balaban J connectivity index is 1.90. The molecule has 200 valence electrons. The van der Waals surface area contributed by atoms with E-state index in [0.717, 1.165) is 39.3 Å². The lowest BCUT2D eigenvalue weighted by Gasteiger charge is -2.23. The van der Waals surface area contributed by atoms with E-state index in [2.05, 4.69) is 71.1 Å². The van der Waals surface area contributed by atoms with Gasteiger partial charge in [0.25, 0.3) is 0 Å². The third-order valence-corrected chi connectivity index (χ3v) is 7.28. The lowest BCUT2D eigenvalue weighted by atomic mass is 9.83. The van der Waals surface area contributed by atoms with E-state index in [1.165, 1.54) is 18.2 Å². The number of benzene rings is 3. The van der Waals surface area contributed by atoms with E-state index in [1.807, 2.05) is 25.1 Å². The first-order valence-corrected chi connectivity index (χ1v) is 13.3. The maximum absolute atomic E-state index is 13.1. The van der Waals surface area contributed by atoms with Crippen molar-refractivity contribution in [1.29, 1.82) is 0 Å². The Kier molecular flexibility index (Phi) is 7.68. The van der Waals surface area contributed by atoms with Crippen LogP contribution in [0.25, 0.3) is 11.1 Å². The Hall–Kier alpha value is -3.60. The van der Waals surface area contributed by atoms with E-state index < -0.39 is 5.97 Å². The minimum Gasteiger partial charge on any atom is -0.492 e. The third kappa shape index (κ3) is 5.47. The number of methoxy groups -OCH3 is 1.